The molecule has 1 aliphatic carbocycles. The number of aliphatic hydroxyl groups is 1. The molecule has 1 aromatic rings. The summed E-state index contributed by atoms with van der Waals surface area (Å²) in [5.74, 6) is 0. The Morgan fingerprint density at radius 3 is 2.30 bits per heavy atom. The van der Waals surface area contributed by atoms with E-state index in [9.17, 15) is 23.1 Å². The first-order chi connectivity index (χ1) is 10.8. The normalized spacial score (nSPS) is 19.0. The van der Waals surface area contributed by atoms with Gasteiger partial charge in [0.05, 0.1) is 6.54 Å². The van der Waals surface area contributed by atoms with Crippen LogP contribution in [-0.4, -0.2) is 29.9 Å². The van der Waals surface area contributed by atoms with Gasteiger partial charge in [-0.25, -0.2) is 4.79 Å². The highest BCUT2D eigenvalue weighted by molar-refractivity contribution is 5.74. The van der Waals surface area contributed by atoms with Gasteiger partial charge in [0, 0.05) is 6.04 Å². The largest absolute Gasteiger partial charge is 0.423 e. The van der Waals surface area contributed by atoms with Crippen LogP contribution in [0.2, 0.25) is 0 Å². The van der Waals surface area contributed by atoms with Crippen LogP contribution < -0.4 is 10.6 Å². The molecule has 0 bridgehead atoms. The molecule has 4 nitrogen and oxygen atoms in total. The summed E-state index contributed by atoms with van der Waals surface area (Å²) in [6.45, 7) is -0.931. The van der Waals surface area contributed by atoms with Crippen LogP contribution in [0.3, 0.4) is 0 Å². The van der Waals surface area contributed by atoms with E-state index in [1.54, 1.807) is 6.07 Å². The van der Waals surface area contributed by atoms with Crippen molar-refractivity contribution < 1.29 is 23.1 Å². The number of benzene rings is 1. The fourth-order valence-corrected chi connectivity index (χ4v) is 2.77. The van der Waals surface area contributed by atoms with E-state index in [4.69, 9.17) is 0 Å². The minimum atomic E-state index is -4.90. The first kappa shape index (κ1) is 17.6. The van der Waals surface area contributed by atoms with Gasteiger partial charge in [0.25, 0.3) is 0 Å². The Morgan fingerprint density at radius 1 is 1.13 bits per heavy atom. The number of alkyl halides is 3. The summed E-state index contributed by atoms with van der Waals surface area (Å²) in [5, 5.41) is 14.9. The Balaban J connectivity index is 2.00. The molecule has 1 atom stereocenters. The topological polar surface area (TPSA) is 61.4 Å². The molecule has 0 heterocycles. The molecule has 0 aromatic heterocycles. The van der Waals surface area contributed by atoms with Crippen LogP contribution in [0.1, 0.15) is 37.7 Å². The van der Waals surface area contributed by atoms with Crippen molar-refractivity contribution in [3.05, 3.63) is 35.9 Å². The van der Waals surface area contributed by atoms with Gasteiger partial charge < -0.3 is 15.7 Å². The van der Waals surface area contributed by atoms with Gasteiger partial charge in [-0.2, -0.15) is 13.2 Å². The lowest BCUT2D eigenvalue weighted by Gasteiger charge is -2.31. The highest BCUT2D eigenvalue weighted by atomic mass is 19.4. The Labute approximate surface area is 133 Å². The van der Waals surface area contributed by atoms with Crippen molar-refractivity contribution in [2.45, 2.75) is 49.9 Å². The molecule has 2 amide bonds. The number of urea groups is 1. The van der Waals surface area contributed by atoms with E-state index in [-0.39, 0.29) is 11.6 Å². The van der Waals surface area contributed by atoms with Crippen LogP contribution in [0, 0.1) is 0 Å². The molecular formula is C16H21F3N2O2. The zero-order chi connectivity index (χ0) is 16.9. The molecule has 1 aliphatic rings. The Bertz CT molecular complexity index is 516. The minimum Gasteiger partial charge on any atom is -0.375 e. The maximum absolute atomic E-state index is 13.3. The number of hydrogen-bond acceptors (Lipinski definition) is 2. The predicted octanol–water partition coefficient (Wildman–Crippen LogP) is 3.07. The number of halogens is 3. The molecular weight excluding hydrogens is 309 g/mol. The summed E-state index contributed by atoms with van der Waals surface area (Å²) in [5.41, 5.74) is -3.41. The highest BCUT2D eigenvalue weighted by Crippen LogP contribution is 2.38. The number of carbonyl (C=O) groups excluding carboxylic acids is 1. The van der Waals surface area contributed by atoms with E-state index >= 15 is 0 Å². The lowest BCUT2D eigenvalue weighted by molar-refractivity contribution is -0.263. The summed E-state index contributed by atoms with van der Waals surface area (Å²) >= 11 is 0. The predicted molar refractivity (Wildman–Crippen MR) is 79.8 cm³/mol. The first-order valence-electron chi connectivity index (χ1n) is 7.72. The molecule has 1 unspecified atom stereocenters. The molecule has 0 saturated heterocycles. The maximum Gasteiger partial charge on any atom is 0.423 e. The van der Waals surface area contributed by atoms with Gasteiger partial charge in [0.2, 0.25) is 5.60 Å². The third kappa shape index (κ3) is 4.37. The molecule has 1 aromatic carbocycles. The molecule has 0 radical (unpaired) electrons. The monoisotopic (exact) mass is 330 g/mol. The standard InChI is InChI=1S/C16H21F3N2O2/c17-16(18,19)15(23,12-7-3-1-4-8-12)11-20-14(22)21-13-9-5-2-6-10-13/h1,3-4,7-8,13,23H,2,5-6,9-11H2,(H2,20,21,22). The lowest BCUT2D eigenvalue weighted by atomic mass is 9.93. The van der Waals surface area contributed by atoms with E-state index in [2.05, 4.69) is 10.6 Å². The second-order valence-corrected chi connectivity index (χ2v) is 5.89. The van der Waals surface area contributed by atoms with Gasteiger partial charge in [-0.15, -0.1) is 0 Å². The summed E-state index contributed by atoms with van der Waals surface area (Å²) in [7, 11) is 0. The van der Waals surface area contributed by atoms with Crippen molar-refractivity contribution in [3.63, 3.8) is 0 Å². The molecule has 23 heavy (non-hydrogen) atoms. The SMILES string of the molecule is O=C(NCC(O)(c1ccccc1)C(F)(F)F)NC1CCCCC1. The van der Waals surface area contributed by atoms with Crippen molar-refractivity contribution in [1.82, 2.24) is 10.6 Å². The van der Waals surface area contributed by atoms with Crippen molar-refractivity contribution in [3.8, 4) is 0 Å². The number of rotatable bonds is 4. The average molecular weight is 330 g/mol. The van der Waals surface area contributed by atoms with E-state index in [0.717, 1.165) is 32.1 Å². The summed E-state index contributed by atoms with van der Waals surface area (Å²) in [6.07, 6.45) is -0.123. The van der Waals surface area contributed by atoms with E-state index < -0.39 is 24.4 Å². The van der Waals surface area contributed by atoms with Gasteiger partial charge in [-0.1, -0.05) is 49.6 Å². The molecule has 7 heteroatoms. The van der Waals surface area contributed by atoms with Crippen LogP contribution >= 0.6 is 0 Å². The summed E-state index contributed by atoms with van der Waals surface area (Å²) in [4.78, 5) is 11.8. The highest BCUT2D eigenvalue weighted by Gasteiger charge is 2.55. The molecule has 0 spiro atoms. The van der Waals surface area contributed by atoms with Crippen molar-refractivity contribution >= 4 is 6.03 Å². The second kappa shape index (κ2) is 7.21. The van der Waals surface area contributed by atoms with Crippen molar-refractivity contribution in [1.29, 1.82) is 0 Å². The van der Waals surface area contributed by atoms with Crippen LogP contribution in [-0.2, 0) is 5.60 Å². The molecule has 128 valence electrons. The summed E-state index contributed by atoms with van der Waals surface area (Å²) in [6, 6.07) is 6.06. The number of amides is 2. The van der Waals surface area contributed by atoms with Gasteiger partial charge in [0.1, 0.15) is 0 Å². The van der Waals surface area contributed by atoms with Crippen molar-refractivity contribution in [2.24, 2.45) is 0 Å². The third-order valence-corrected chi connectivity index (χ3v) is 4.17. The van der Waals surface area contributed by atoms with Crippen LogP contribution in [0.4, 0.5) is 18.0 Å². The Kier molecular flexibility index (Phi) is 5.51. The smallest absolute Gasteiger partial charge is 0.375 e. The zero-order valence-electron chi connectivity index (χ0n) is 12.7. The van der Waals surface area contributed by atoms with Gasteiger partial charge >= 0.3 is 12.2 Å². The van der Waals surface area contributed by atoms with Crippen LogP contribution in [0.5, 0.6) is 0 Å². The van der Waals surface area contributed by atoms with Gasteiger partial charge in [-0.05, 0) is 18.4 Å². The Hall–Kier alpha value is -1.76. The van der Waals surface area contributed by atoms with E-state index in [1.807, 2.05) is 0 Å². The van der Waals surface area contributed by atoms with E-state index in [1.165, 1.54) is 24.3 Å². The Morgan fingerprint density at radius 2 is 1.74 bits per heavy atom. The fourth-order valence-electron chi connectivity index (χ4n) is 2.77. The minimum absolute atomic E-state index is 0.0144. The fraction of sp³-hybridized carbons (Fsp3) is 0.562. The zero-order valence-corrected chi connectivity index (χ0v) is 12.7. The average Bonchev–Trinajstić information content (AvgIpc) is 2.53. The maximum atomic E-state index is 13.3. The van der Waals surface area contributed by atoms with Crippen LogP contribution in [0.25, 0.3) is 0 Å². The number of carbonyl (C=O) groups is 1. The molecule has 3 N–H and O–H groups in total. The molecule has 1 saturated carbocycles. The molecule has 1 fully saturated rings. The lowest BCUT2D eigenvalue weighted by Crippen LogP contribution is -2.53. The second-order valence-electron chi connectivity index (χ2n) is 5.89. The van der Waals surface area contributed by atoms with Gasteiger partial charge in [-0.3, -0.25) is 0 Å². The summed E-state index contributed by atoms with van der Waals surface area (Å²) < 4.78 is 39.8. The first-order valence-corrected chi connectivity index (χ1v) is 7.72. The molecule has 2 rings (SSSR count). The number of nitrogens with one attached hydrogen (secondary N) is 2. The number of hydrogen-bond donors (Lipinski definition) is 3. The third-order valence-electron chi connectivity index (χ3n) is 4.17. The van der Waals surface area contributed by atoms with Crippen LogP contribution in [0.15, 0.2) is 30.3 Å². The molecule has 0 aliphatic heterocycles. The quantitative estimate of drug-likeness (QED) is 0.794. The van der Waals surface area contributed by atoms with Crippen molar-refractivity contribution in [2.75, 3.05) is 6.54 Å². The van der Waals surface area contributed by atoms with E-state index in [0.29, 0.717) is 0 Å². The van der Waals surface area contributed by atoms with Gasteiger partial charge in [0.15, 0.2) is 0 Å².